The molecule has 1 nitrogen and oxygen atoms in total. The van der Waals surface area contributed by atoms with Crippen molar-refractivity contribution in [3.05, 3.63) is 70.8 Å². The molecule has 1 heterocycles. The van der Waals surface area contributed by atoms with Crippen LogP contribution < -0.4 is 0 Å². The Morgan fingerprint density at radius 1 is 0.966 bits per heavy atom. The average Bonchev–Trinajstić information content (AvgIpc) is 3.07. The quantitative estimate of drug-likeness (QED) is 0.434. The molecule has 1 aliphatic heterocycles. The Labute approximate surface area is 179 Å². The van der Waals surface area contributed by atoms with Crippen LogP contribution in [0, 0.1) is 11.3 Å². The van der Waals surface area contributed by atoms with Gasteiger partial charge < -0.3 is 4.90 Å². The van der Waals surface area contributed by atoms with Gasteiger partial charge in [-0.15, -0.1) is 0 Å². The lowest BCUT2D eigenvalue weighted by Crippen LogP contribution is -2.28. The van der Waals surface area contributed by atoms with Crippen LogP contribution in [0.4, 0.5) is 0 Å². The number of benzene rings is 2. The van der Waals surface area contributed by atoms with Gasteiger partial charge in [-0.1, -0.05) is 75.7 Å². The van der Waals surface area contributed by atoms with E-state index >= 15 is 0 Å². The summed E-state index contributed by atoms with van der Waals surface area (Å²) in [5.41, 5.74) is 6.66. The van der Waals surface area contributed by atoms with Gasteiger partial charge in [-0.3, -0.25) is 0 Å². The maximum absolute atomic E-state index is 2.57. The van der Waals surface area contributed by atoms with Crippen molar-refractivity contribution in [2.24, 2.45) is 11.3 Å². The van der Waals surface area contributed by atoms with Crippen LogP contribution in [0.2, 0.25) is 0 Å². The van der Waals surface area contributed by atoms with Crippen LogP contribution in [-0.2, 0) is 25.7 Å². The number of aryl methyl sites for hydroxylation is 2. The molecular weight excluding hydrogens is 350 g/mol. The smallest absolute Gasteiger partial charge is 0.00387 e. The summed E-state index contributed by atoms with van der Waals surface area (Å²) in [5.74, 6) is 0.724. The second kappa shape index (κ2) is 10.4. The van der Waals surface area contributed by atoms with Crippen LogP contribution >= 0.6 is 0 Å². The molecule has 1 unspecified atom stereocenters. The molecule has 2 aromatic carbocycles. The molecular formula is C28H41N. The van der Waals surface area contributed by atoms with E-state index in [2.05, 4.69) is 81.2 Å². The van der Waals surface area contributed by atoms with Crippen LogP contribution in [0.15, 0.2) is 48.5 Å². The first-order valence-electron chi connectivity index (χ1n) is 11.8. The Balaban J connectivity index is 1.77. The first kappa shape index (κ1) is 22.1. The Kier molecular flexibility index (Phi) is 7.95. The largest absolute Gasteiger partial charge is 0.306 e. The fourth-order valence-electron chi connectivity index (χ4n) is 5.11. The Bertz CT molecular complexity index is 748. The molecule has 3 rings (SSSR count). The van der Waals surface area contributed by atoms with Crippen molar-refractivity contribution in [3.8, 4) is 0 Å². The van der Waals surface area contributed by atoms with E-state index in [1.165, 1.54) is 70.0 Å². The molecule has 1 aliphatic rings. The minimum Gasteiger partial charge on any atom is -0.306 e. The molecule has 158 valence electrons. The second-order valence-corrected chi connectivity index (χ2v) is 9.95. The summed E-state index contributed by atoms with van der Waals surface area (Å²) in [5, 5.41) is 0. The number of rotatable bonds is 10. The Morgan fingerprint density at radius 2 is 1.76 bits per heavy atom. The zero-order chi connectivity index (χ0) is 20.7. The van der Waals surface area contributed by atoms with Crippen molar-refractivity contribution in [1.82, 2.24) is 4.90 Å². The molecule has 1 atom stereocenters. The topological polar surface area (TPSA) is 3.24 Å². The monoisotopic (exact) mass is 391 g/mol. The molecule has 0 aromatic heterocycles. The predicted octanol–water partition coefficient (Wildman–Crippen LogP) is 6.72. The highest BCUT2D eigenvalue weighted by Crippen LogP contribution is 2.38. The zero-order valence-electron chi connectivity index (χ0n) is 19.2. The van der Waals surface area contributed by atoms with Crippen molar-refractivity contribution in [2.75, 3.05) is 20.1 Å². The van der Waals surface area contributed by atoms with Gasteiger partial charge in [-0.2, -0.15) is 0 Å². The van der Waals surface area contributed by atoms with Crippen molar-refractivity contribution in [3.63, 3.8) is 0 Å². The fourth-order valence-corrected chi connectivity index (χ4v) is 5.11. The summed E-state index contributed by atoms with van der Waals surface area (Å²) in [4.78, 5) is 2.54. The summed E-state index contributed by atoms with van der Waals surface area (Å²) in [6, 6.07) is 18.5. The van der Waals surface area contributed by atoms with E-state index in [0.717, 1.165) is 5.92 Å². The highest BCUT2D eigenvalue weighted by molar-refractivity contribution is 5.33. The highest BCUT2D eigenvalue weighted by Gasteiger charge is 2.36. The van der Waals surface area contributed by atoms with Gasteiger partial charge in [0.1, 0.15) is 0 Å². The number of likely N-dealkylation sites (tertiary alicyclic amines) is 1. The number of hydrogen-bond donors (Lipinski definition) is 0. The van der Waals surface area contributed by atoms with Crippen molar-refractivity contribution in [2.45, 2.75) is 72.1 Å². The van der Waals surface area contributed by atoms with Crippen molar-refractivity contribution in [1.29, 1.82) is 0 Å². The van der Waals surface area contributed by atoms with Crippen LogP contribution in [-0.4, -0.2) is 25.0 Å². The molecule has 1 fully saturated rings. The van der Waals surface area contributed by atoms with Gasteiger partial charge in [0.25, 0.3) is 0 Å². The van der Waals surface area contributed by atoms with E-state index in [0.29, 0.717) is 5.41 Å². The van der Waals surface area contributed by atoms with E-state index in [4.69, 9.17) is 0 Å². The van der Waals surface area contributed by atoms with Gasteiger partial charge in [-0.05, 0) is 92.1 Å². The van der Waals surface area contributed by atoms with Crippen molar-refractivity contribution >= 4 is 0 Å². The van der Waals surface area contributed by atoms with Gasteiger partial charge in [0, 0.05) is 6.54 Å². The number of hydrogen-bond acceptors (Lipinski definition) is 1. The molecule has 0 bridgehead atoms. The minimum atomic E-state index is 0.423. The third-order valence-electron chi connectivity index (χ3n) is 6.69. The van der Waals surface area contributed by atoms with Crippen LogP contribution in [0.3, 0.4) is 0 Å². The molecule has 0 amide bonds. The minimum absolute atomic E-state index is 0.423. The molecule has 29 heavy (non-hydrogen) atoms. The first-order valence-corrected chi connectivity index (χ1v) is 11.8. The number of nitrogens with zero attached hydrogens (tertiary/aromatic N) is 1. The standard InChI is InChI=1S/C28H41N/c1-5-6-12-26-20-25(13-14-27(26)19-23(2)3)21-28(17-18-29(4)22-28)16-15-24-10-8-7-9-11-24/h7-11,13-14,20,23H,5-6,12,15-19,21-22H2,1-4H3. The predicted molar refractivity (Wildman–Crippen MR) is 127 cm³/mol. The molecule has 1 heteroatoms. The molecule has 1 saturated heterocycles. The van der Waals surface area contributed by atoms with Crippen molar-refractivity contribution < 1.29 is 0 Å². The molecule has 0 aliphatic carbocycles. The Hall–Kier alpha value is -1.60. The summed E-state index contributed by atoms with van der Waals surface area (Å²) >= 11 is 0. The molecule has 0 spiro atoms. The summed E-state index contributed by atoms with van der Waals surface area (Å²) < 4.78 is 0. The molecule has 0 saturated carbocycles. The second-order valence-electron chi connectivity index (χ2n) is 9.95. The third-order valence-corrected chi connectivity index (χ3v) is 6.69. The lowest BCUT2D eigenvalue weighted by molar-refractivity contribution is 0.258. The average molecular weight is 392 g/mol. The van der Waals surface area contributed by atoms with E-state index in [9.17, 15) is 0 Å². The molecule has 2 aromatic rings. The summed E-state index contributed by atoms with van der Waals surface area (Å²) in [6.45, 7) is 9.45. The molecule has 0 N–H and O–H groups in total. The number of unbranched alkanes of at least 4 members (excludes halogenated alkanes) is 1. The highest BCUT2D eigenvalue weighted by atomic mass is 15.1. The van der Waals surface area contributed by atoms with E-state index in [1.54, 1.807) is 16.7 Å². The van der Waals surface area contributed by atoms with Crippen LogP contribution in [0.5, 0.6) is 0 Å². The summed E-state index contributed by atoms with van der Waals surface area (Å²) in [7, 11) is 2.29. The Morgan fingerprint density at radius 3 is 2.41 bits per heavy atom. The van der Waals surface area contributed by atoms with Crippen LogP contribution in [0.25, 0.3) is 0 Å². The van der Waals surface area contributed by atoms with E-state index in [-0.39, 0.29) is 0 Å². The SMILES string of the molecule is CCCCc1cc(CC2(CCc3ccccc3)CCN(C)C2)ccc1CC(C)C. The van der Waals surface area contributed by atoms with Gasteiger partial charge in [0.2, 0.25) is 0 Å². The van der Waals surface area contributed by atoms with Gasteiger partial charge in [-0.25, -0.2) is 0 Å². The van der Waals surface area contributed by atoms with E-state index < -0.39 is 0 Å². The van der Waals surface area contributed by atoms with E-state index in [1.807, 2.05) is 0 Å². The lowest BCUT2D eigenvalue weighted by Gasteiger charge is -2.30. The maximum Gasteiger partial charge on any atom is 0.00387 e. The van der Waals surface area contributed by atoms with Gasteiger partial charge in [0.15, 0.2) is 0 Å². The normalized spacial score (nSPS) is 19.9. The summed E-state index contributed by atoms with van der Waals surface area (Å²) in [6.07, 6.45) is 10.1. The third kappa shape index (κ3) is 6.44. The van der Waals surface area contributed by atoms with Crippen LogP contribution in [0.1, 0.15) is 68.7 Å². The van der Waals surface area contributed by atoms with Gasteiger partial charge >= 0.3 is 0 Å². The zero-order valence-corrected chi connectivity index (χ0v) is 19.2. The first-order chi connectivity index (χ1) is 14.0. The van der Waals surface area contributed by atoms with Gasteiger partial charge in [0.05, 0.1) is 0 Å². The maximum atomic E-state index is 2.57. The molecule has 0 radical (unpaired) electrons. The fraction of sp³-hybridized carbons (Fsp3) is 0.571. The lowest BCUT2D eigenvalue weighted by atomic mass is 9.75.